The van der Waals surface area contributed by atoms with Crippen molar-refractivity contribution in [1.82, 2.24) is 0 Å². The second kappa shape index (κ2) is 7.47. The van der Waals surface area contributed by atoms with Crippen molar-refractivity contribution in [2.24, 2.45) is 5.92 Å². The molecule has 142 valence electrons. The average molecular weight is 384 g/mol. The van der Waals surface area contributed by atoms with Gasteiger partial charge in [-0.1, -0.05) is 42.5 Å². The van der Waals surface area contributed by atoms with Crippen LogP contribution in [0.5, 0.6) is 5.75 Å². The molecule has 2 aromatic carbocycles. The molecule has 2 aliphatic heterocycles. The van der Waals surface area contributed by atoms with Crippen LogP contribution in [-0.2, 0) is 27.7 Å². The molecule has 5 heteroatoms. The van der Waals surface area contributed by atoms with Crippen LogP contribution in [0, 0.1) is 5.92 Å². The first kappa shape index (κ1) is 18.2. The molecule has 2 saturated heterocycles. The van der Waals surface area contributed by atoms with Gasteiger partial charge in [-0.3, -0.25) is 4.79 Å². The van der Waals surface area contributed by atoms with Crippen LogP contribution < -0.4 is 4.74 Å². The van der Waals surface area contributed by atoms with Crippen molar-refractivity contribution in [2.45, 2.75) is 49.2 Å². The number of rotatable bonds is 6. The first-order valence-corrected chi connectivity index (χ1v) is 11.1. The zero-order chi connectivity index (χ0) is 18.9. The first-order valence-electron chi connectivity index (χ1n) is 9.53. The fraction of sp³-hybridized carbons (Fsp3) is 0.409. The van der Waals surface area contributed by atoms with Crippen molar-refractivity contribution < 1.29 is 17.9 Å². The smallest absolute Gasteiger partial charge is 0.156 e. The second-order valence-electron chi connectivity index (χ2n) is 7.64. The highest BCUT2D eigenvalue weighted by atomic mass is 32.2. The number of sulfone groups is 1. The predicted molar refractivity (Wildman–Crippen MR) is 104 cm³/mol. The van der Waals surface area contributed by atoms with Crippen molar-refractivity contribution >= 4 is 15.6 Å². The zero-order valence-corrected chi connectivity index (χ0v) is 16.0. The Bertz CT molecular complexity index is 900. The summed E-state index contributed by atoms with van der Waals surface area (Å²) in [5.74, 6) is 0.775. The minimum absolute atomic E-state index is 0.125. The van der Waals surface area contributed by atoms with Gasteiger partial charge in [0.15, 0.2) is 9.84 Å². The molecule has 4 rings (SSSR count). The topological polar surface area (TPSA) is 60.4 Å². The highest BCUT2D eigenvalue weighted by Crippen LogP contribution is 2.41. The molecule has 2 unspecified atom stereocenters. The normalized spacial score (nSPS) is 25.9. The molecule has 0 aliphatic carbocycles. The summed E-state index contributed by atoms with van der Waals surface area (Å²) in [6.45, 7) is 0.488. The lowest BCUT2D eigenvalue weighted by Gasteiger charge is -2.27. The number of fused-ring (bicyclic) bond motifs is 2. The molecular formula is C22H24O4S. The van der Waals surface area contributed by atoms with Crippen LogP contribution in [0.15, 0.2) is 54.6 Å². The molecule has 27 heavy (non-hydrogen) atoms. The van der Waals surface area contributed by atoms with E-state index in [2.05, 4.69) is 0 Å². The Morgan fingerprint density at radius 2 is 1.59 bits per heavy atom. The number of ketones is 1. The molecule has 2 bridgehead atoms. The van der Waals surface area contributed by atoms with Gasteiger partial charge in [-0.05, 0) is 48.9 Å². The molecule has 2 aromatic rings. The molecular weight excluding hydrogens is 360 g/mol. The van der Waals surface area contributed by atoms with E-state index in [0.717, 1.165) is 29.7 Å². The van der Waals surface area contributed by atoms with E-state index >= 15 is 0 Å². The Labute approximate surface area is 160 Å². The van der Waals surface area contributed by atoms with E-state index in [-0.39, 0.29) is 22.2 Å². The standard InChI is InChI=1S/C22H24O4S/c23-22(18-13-20-9-10-21(14-18)27(20,24)25)12-17-7-4-8-19(11-17)26-15-16-5-2-1-3-6-16/h1-8,11,18,20-21H,9-10,12-15H2. The lowest BCUT2D eigenvalue weighted by atomic mass is 9.91. The number of ether oxygens (including phenoxy) is 1. The highest BCUT2D eigenvalue weighted by Gasteiger charge is 2.48. The maximum atomic E-state index is 12.8. The highest BCUT2D eigenvalue weighted by molar-refractivity contribution is 7.93. The van der Waals surface area contributed by atoms with Gasteiger partial charge in [0, 0.05) is 12.3 Å². The summed E-state index contributed by atoms with van der Waals surface area (Å²) < 4.78 is 30.3. The van der Waals surface area contributed by atoms with E-state index < -0.39 is 9.84 Å². The Hall–Kier alpha value is -2.14. The SMILES string of the molecule is O=C(Cc1cccc(OCc2ccccc2)c1)C1CC2CCC(C1)S2(=O)=O. The molecule has 0 saturated carbocycles. The van der Waals surface area contributed by atoms with Gasteiger partial charge in [0.05, 0.1) is 10.5 Å². The van der Waals surface area contributed by atoms with Crippen LogP contribution in [0.25, 0.3) is 0 Å². The molecule has 4 nitrogen and oxygen atoms in total. The van der Waals surface area contributed by atoms with Gasteiger partial charge in [0.2, 0.25) is 0 Å². The van der Waals surface area contributed by atoms with Gasteiger partial charge >= 0.3 is 0 Å². The number of carbonyl (C=O) groups excluding carboxylic acids is 1. The van der Waals surface area contributed by atoms with Gasteiger partial charge in [-0.2, -0.15) is 0 Å². The van der Waals surface area contributed by atoms with Crippen molar-refractivity contribution in [1.29, 1.82) is 0 Å². The van der Waals surface area contributed by atoms with E-state index in [1.54, 1.807) is 0 Å². The van der Waals surface area contributed by atoms with Gasteiger partial charge in [-0.15, -0.1) is 0 Å². The Morgan fingerprint density at radius 1 is 0.926 bits per heavy atom. The summed E-state index contributed by atoms with van der Waals surface area (Å²) in [6, 6.07) is 17.6. The molecule has 2 aliphatic rings. The van der Waals surface area contributed by atoms with Gasteiger partial charge in [0.1, 0.15) is 18.1 Å². The van der Waals surface area contributed by atoms with E-state index in [0.29, 0.717) is 25.9 Å². The number of hydrogen-bond acceptors (Lipinski definition) is 4. The predicted octanol–water partition coefficient (Wildman–Crippen LogP) is 3.73. The lowest BCUT2D eigenvalue weighted by molar-refractivity contribution is -0.122. The van der Waals surface area contributed by atoms with Crippen LogP contribution in [0.3, 0.4) is 0 Å². The van der Waals surface area contributed by atoms with E-state index in [1.807, 2.05) is 54.6 Å². The fourth-order valence-electron chi connectivity index (χ4n) is 4.30. The van der Waals surface area contributed by atoms with Crippen LogP contribution in [0.2, 0.25) is 0 Å². The average Bonchev–Trinajstić information content (AvgIpc) is 2.85. The second-order valence-corrected chi connectivity index (χ2v) is 10.2. The maximum absolute atomic E-state index is 12.8. The number of Topliss-reactive ketones (excluding diaryl/α,β-unsaturated/α-hetero) is 1. The third-order valence-corrected chi connectivity index (χ3v) is 8.53. The minimum Gasteiger partial charge on any atom is -0.489 e. The fourth-order valence-corrected chi connectivity index (χ4v) is 6.78. The Kier molecular flexibility index (Phi) is 5.04. The van der Waals surface area contributed by atoms with E-state index in [4.69, 9.17) is 4.74 Å². The number of benzene rings is 2. The lowest BCUT2D eigenvalue weighted by Crippen LogP contribution is -2.36. The summed E-state index contributed by atoms with van der Waals surface area (Å²) in [4.78, 5) is 12.8. The molecule has 0 amide bonds. The van der Waals surface area contributed by atoms with Crippen LogP contribution in [0.4, 0.5) is 0 Å². The van der Waals surface area contributed by atoms with Gasteiger partial charge in [0.25, 0.3) is 0 Å². The van der Waals surface area contributed by atoms with Crippen LogP contribution >= 0.6 is 0 Å². The van der Waals surface area contributed by atoms with E-state index in [1.165, 1.54) is 0 Å². The van der Waals surface area contributed by atoms with Crippen molar-refractivity contribution in [3.05, 3.63) is 65.7 Å². The number of carbonyl (C=O) groups is 1. The molecule has 2 heterocycles. The molecule has 0 N–H and O–H groups in total. The summed E-state index contributed by atoms with van der Waals surface area (Å²) in [6.07, 6.45) is 2.79. The van der Waals surface area contributed by atoms with Gasteiger partial charge in [-0.25, -0.2) is 8.42 Å². The molecule has 2 atom stereocenters. The molecule has 0 spiro atoms. The molecule has 0 radical (unpaired) electrons. The van der Waals surface area contributed by atoms with Crippen molar-refractivity contribution in [3.63, 3.8) is 0 Å². The zero-order valence-electron chi connectivity index (χ0n) is 15.2. The molecule has 0 aromatic heterocycles. The quantitative estimate of drug-likeness (QED) is 0.761. The Morgan fingerprint density at radius 3 is 2.30 bits per heavy atom. The largest absolute Gasteiger partial charge is 0.489 e. The minimum atomic E-state index is -2.98. The summed E-state index contributed by atoms with van der Waals surface area (Å²) in [7, 11) is -2.98. The summed E-state index contributed by atoms with van der Waals surface area (Å²) >= 11 is 0. The third kappa shape index (κ3) is 3.93. The van der Waals surface area contributed by atoms with Crippen molar-refractivity contribution in [3.8, 4) is 5.75 Å². The Balaban J connectivity index is 1.38. The monoisotopic (exact) mass is 384 g/mol. The molecule has 2 fully saturated rings. The van der Waals surface area contributed by atoms with E-state index in [9.17, 15) is 13.2 Å². The number of hydrogen-bond donors (Lipinski definition) is 0. The van der Waals surface area contributed by atoms with Gasteiger partial charge < -0.3 is 4.74 Å². The van der Waals surface area contributed by atoms with Crippen LogP contribution in [0.1, 0.15) is 36.8 Å². The maximum Gasteiger partial charge on any atom is 0.156 e. The first-order chi connectivity index (χ1) is 13.0. The summed E-state index contributed by atoms with van der Waals surface area (Å²) in [5, 5.41) is -0.600. The summed E-state index contributed by atoms with van der Waals surface area (Å²) in [5.41, 5.74) is 2.02. The third-order valence-electron chi connectivity index (χ3n) is 5.82. The van der Waals surface area contributed by atoms with Crippen molar-refractivity contribution in [2.75, 3.05) is 0 Å². The van der Waals surface area contributed by atoms with Crippen LogP contribution in [-0.4, -0.2) is 24.7 Å².